The van der Waals surface area contributed by atoms with Crippen LogP contribution in [0.5, 0.6) is 0 Å². The molecule has 14 heavy (non-hydrogen) atoms. The molecular weight excluding hydrogens is 292 g/mol. The van der Waals surface area contributed by atoms with E-state index in [0.717, 1.165) is 0 Å². The van der Waals surface area contributed by atoms with Gasteiger partial charge in [0, 0.05) is 12.4 Å². The number of hydrogen-bond acceptors (Lipinski definition) is 3. The van der Waals surface area contributed by atoms with E-state index in [4.69, 9.17) is 35.0 Å². The topological polar surface area (TPSA) is 67.3 Å². The largest absolute Gasteiger partial charge is 0.265 e. The minimum Gasteiger partial charge on any atom is -0.265 e. The Morgan fingerprint density at radius 1 is 1.14 bits per heavy atom. The minimum atomic E-state index is -4.78. The van der Waals surface area contributed by atoms with Crippen LogP contribution in [0, 0.1) is 0 Å². The molecule has 1 N–H and O–H groups in total. The molecule has 0 aliphatic heterocycles. The normalized spacial score (nSPS) is 8.86. The van der Waals surface area contributed by atoms with E-state index in [1.165, 1.54) is 0 Å². The van der Waals surface area contributed by atoms with Gasteiger partial charge in [-0.05, 0) is 12.1 Å². The molecule has 8 heteroatoms. The number of aromatic nitrogens is 1. The molecule has 0 unspecified atom stereocenters. The zero-order chi connectivity index (χ0) is 11.4. The molecule has 0 aromatic carbocycles. The fraction of sp³-hybridized carbons (Fsp3) is 0.167. The molecule has 1 heterocycles. The van der Waals surface area contributed by atoms with Crippen molar-refractivity contribution in [1.82, 2.24) is 4.98 Å². The molecule has 0 aliphatic rings. The van der Waals surface area contributed by atoms with Gasteiger partial charge in [-0.2, -0.15) is 0 Å². The van der Waals surface area contributed by atoms with Crippen LogP contribution in [0.25, 0.3) is 0 Å². The van der Waals surface area contributed by atoms with Gasteiger partial charge >= 0.3 is 34.2 Å². The van der Waals surface area contributed by atoms with Crippen LogP contribution in [0.2, 0.25) is 0 Å². The fourth-order valence-electron chi connectivity index (χ4n) is 0.313. The summed E-state index contributed by atoms with van der Waals surface area (Å²) in [5.74, 6) is 0. The maximum Gasteiger partial charge on any atom is 0.0267 e. The average molecular weight is 300 g/mol. The maximum absolute atomic E-state index is 9.03. The van der Waals surface area contributed by atoms with Gasteiger partial charge in [0.2, 0.25) is 0 Å². The zero-order valence-corrected chi connectivity index (χ0v) is 10.4. The maximum atomic E-state index is 9.03. The molecule has 0 saturated heterocycles. The van der Waals surface area contributed by atoms with Gasteiger partial charge in [-0.15, -0.1) is 23.2 Å². The molecule has 0 amide bonds. The van der Waals surface area contributed by atoms with Crippen molar-refractivity contribution in [1.29, 1.82) is 0 Å². The Morgan fingerprint density at radius 2 is 1.43 bits per heavy atom. The van der Waals surface area contributed by atoms with Crippen LogP contribution in [-0.4, -0.2) is 14.5 Å². The number of hydrogen-bond donors (Lipinski definition) is 1. The second-order valence-corrected chi connectivity index (χ2v) is 5.24. The Morgan fingerprint density at radius 3 is 1.50 bits per heavy atom. The number of halogens is 3. The van der Waals surface area contributed by atoms with Crippen LogP contribution in [0.1, 0.15) is 0 Å². The van der Waals surface area contributed by atoms with Gasteiger partial charge in [-0.1, -0.05) is 6.07 Å². The van der Waals surface area contributed by atoms with Crippen LogP contribution in [-0.2, 0) is 20.0 Å². The van der Waals surface area contributed by atoms with Crippen LogP contribution < -0.4 is 0 Å². The predicted molar refractivity (Wildman–Crippen MR) is 50.3 cm³/mol. The second-order valence-electron chi connectivity index (χ2n) is 1.54. The van der Waals surface area contributed by atoms with Gasteiger partial charge in [-0.25, -0.2) is 0 Å². The monoisotopic (exact) mass is 299 g/mol. The molecule has 0 atom stereocenters. The van der Waals surface area contributed by atoms with E-state index in [9.17, 15) is 0 Å². The number of rotatable bonds is 0. The van der Waals surface area contributed by atoms with E-state index in [1.54, 1.807) is 12.4 Å². The first kappa shape index (κ1) is 16.5. The molecule has 0 aliphatic carbocycles. The van der Waals surface area contributed by atoms with Crippen LogP contribution in [0.3, 0.4) is 0 Å². The summed E-state index contributed by atoms with van der Waals surface area (Å²) in [7, 11) is 4.13. The van der Waals surface area contributed by atoms with Gasteiger partial charge in [0.05, 0.1) is 5.34 Å². The van der Waals surface area contributed by atoms with Crippen molar-refractivity contribution < 1.29 is 24.1 Å². The van der Waals surface area contributed by atoms with Crippen LogP contribution in [0.4, 0.5) is 0 Å². The molecule has 0 radical (unpaired) electrons. The van der Waals surface area contributed by atoms with Crippen molar-refractivity contribution in [3.63, 3.8) is 0 Å². The van der Waals surface area contributed by atoms with E-state index in [-0.39, 0.29) is 5.34 Å². The van der Waals surface area contributed by atoms with Gasteiger partial charge in [0.1, 0.15) is 0 Å². The average Bonchev–Trinajstić information content (AvgIpc) is 2.06. The molecule has 0 saturated carbocycles. The van der Waals surface area contributed by atoms with Crippen molar-refractivity contribution in [3.05, 3.63) is 30.6 Å². The van der Waals surface area contributed by atoms with Crippen LogP contribution in [0.15, 0.2) is 30.6 Å². The Labute approximate surface area is 98.1 Å². The zero-order valence-electron chi connectivity index (χ0n) is 6.85. The summed E-state index contributed by atoms with van der Waals surface area (Å²) in [6.45, 7) is 0. The molecule has 1 rings (SSSR count). The Balaban J connectivity index is 0. The molecule has 4 nitrogen and oxygen atoms in total. The molecular formula is C6H8Cl3CrNO3. The smallest absolute Gasteiger partial charge is 0.0267 e. The van der Waals surface area contributed by atoms with E-state index in [0.29, 0.717) is 0 Å². The second kappa shape index (κ2) is 11.2. The van der Waals surface area contributed by atoms with Crippen molar-refractivity contribution in [3.8, 4) is 0 Å². The van der Waals surface area contributed by atoms with Crippen molar-refractivity contribution >= 4 is 33.3 Å². The minimum absolute atomic E-state index is 0.194. The summed E-state index contributed by atoms with van der Waals surface area (Å²) in [6.07, 6.45) is 3.50. The first-order valence-corrected chi connectivity index (χ1v) is 7.49. The number of alkyl halides is 2. The predicted octanol–water partition coefficient (Wildman–Crippen LogP) is 2.40. The van der Waals surface area contributed by atoms with E-state index < -0.39 is 12.4 Å². The van der Waals surface area contributed by atoms with Crippen molar-refractivity contribution in [2.24, 2.45) is 0 Å². The first-order valence-electron chi connectivity index (χ1n) is 3.05. The molecule has 82 valence electrons. The molecule has 0 fully saturated rings. The molecule has 1 aromatic rings. The summed E-state index contributed by atoms with van der Waals surface area (Å²) >= 11 is 4.75. The first-order chi connectivity index (χ1) is 6.41. The standard InChI is InChI=1S/C5H5N.CH2Cl2.ClH.Cr.H2O.2O/c1-2-4-6-5-3-1;2-1-3;;;;;/h1-5H;1H2;1H;;1H2;;/q;;;+2;;;/p-2. The quantitative estimate of drug-likeness (QED) is 0.747. The summed E-state index contributed by atoms with van der Waals surface area (Å²) in [6, 6.07) is 5.72. The van der Waals surface area contributed by atoms with Crippen LogP contribution >= 0.6 is 33.3 Å². The summed E-state index contributed by atoms with van der Waals surface area (Å²) in [5.41, 5.74) is 0. The third-order valence-electron chi connectivity index (χ3n) is 0.566. The summed E-state index contributed by atoms with van der Waals surface area (Å²) in [4.78, 5) is 3.78. The van der Waals surface area contributed by atoms with Crippen molar-refractivity contribution in [2.45, 2.75) is 0 Å². The van der Waals surface area contributed by atoms with Gasteiger partial charge in [0.25, 0.3) is 0 Å². The molecule has 1 aromatic heterocycles. The Hall–Kier alpha value is 0.112. The Bertz CT molecular complexity index is 258. The fourth-order valence-corrected chi connectivity index (χ4v) is 0.313. The third-order valence-corrected chi connectivity index (χ3v) is 0.566. The third kappa shape index (κ3) is 40.0. The van der Waals surface area contributed by atoms with E-state index in [1.807, 2.05) is 18.2 Å². The summed E-state index contributed by atoms with van der Waals surface area (Å²) < 4.78 is 25.4. The van der Waals surface area contributed by atoms with Gasteiger partial charge in [0.15, 0.2) is 0 Å². The van der Waals surface area contributed by atoms with E-state index in [2.05, 4.69) is 15.0 Å². The molecule has 0 bridgehead atoms. The number of nitrogens with zero attached hydrogens (tertiary/aromatic N) is 1. The van der Waals surface area contributed by atoms with Gasteiger partial charge < -0.3 is 0 Å². The van der Waals surface area contributed by atoms with Gasteiger partial charge in [-0.3, -0.25) is 4.98 Å². The SMILES string of the molecule is ClCCl.[O]=[Cr](=[O])([OH])[Cl].c1ccncc1. The summed E-state index contributed by atoms with van der Waals surface area (Å²) in [5, 5.41) is 0.194. The van der Waals surface area contributed by atoms with Crippen molar-refractivity contribution in [2.75, 3.05) is 5.34 Å². The Kier molecular flexibility index (Phi) is 13.2. The number of pyridine rings is 1. The molecule has 0 spiro atoms. The van der Waals surface area contributed by atoms with E-state index >= 15 is 0 Å².